The minimum atomic E-state index is -0.200. The van der Waals surface area contributed by atoms with Crippen LogP contribution in [-0.4, -0.2) is 20.2 Å². The molecular formula is C14H22FNO. The lowest BCUT2D eigenvalue weighted by atomic mass is 9.96. The number of methoxy groups -OCH3 is 1. The van der Waals surface area contributed by atoms with Gasteiger partial charge in [0.15, 0.2) is 0 Å². The largest absolute Gasteiger partial charge is 0.496 e. The number of ether oxygens (including phenoxy) is 1. The van der Waals surface area contributed by atoms with E-state index in [0.29, 0.717) is 5.92 Å². The van der Waals surface area contributed by atoms with Crippen LogP contribution in [0.4, 0.5) is 4.39 Å². The molecule has 1 N–H and O–H groups in total. The minimum absolute atomic E-state index is 0.200. The summed E-state index contributed by atoms with van der Waals surface area (Å²) in [6.07, 6.45) is 2.12. The van der Waals surface area contributed by atoms with Crippen LogP contribution in [0.5, 0.6) is 5.75 Å². The Bertz CT molecular complexity index is 341. The maximum absolute atomic E-state index is 13.2. The molecule has 0 aliphatic heterocycles. The van der Waals surface area contributed by atoms with E-state index in [4.69, 9.17) is 4.74 Å². The van der Waals surface area contributed by atoms with E-state index in [2.05, 4.69) is 19.2 Å². The molecule has 0 aliphatic rings. The van der Waals surface area contributed by atoms with Gasteiger partial charge in [0.05, 0.1) is 7.11 Å². The molecule has 96 valence electrons. The van der Waals surface area contributed by atoms with Gasteiger partial charge in [-0.3, -0.25) is 0 Å². The Morgan fingerprint density at radius 1 is 1.35 bits per heavy atom. The van der Waals surface area contributed by atoms with Crippen molar-refractivity contribution in [3.8, 4) is 5.75 Å². The van der Waals surface area contributed by atoms with Gasteiger partial charge in [-0.1, -0.05) is 13.8 Å². The summed E-state index contributed by atoms with van der Waals surface area (Å²) in [6, 6.07) is 4.70. The van der Waals surface area contributed by atoms with Gasteiger partial charge in [0, 0.05) is 0 Å². The molecule has 1 atom stereocenters. The van der Waals surface area contributed by atoms with Crippen LogP contribution in [0.2, 0.25) is 0 Å². The first-order chi connectivity index (χ1) is 8.19. The van der Waals surface area contributed by atoms with E-state index in [0.717, 1.165) is 37.2 Å². The summed E-state index contributed by atoms with van der Waals surface area (Å²) in [7, 11) is 1.62. The molecule has 0 saturated carbocycles. The normalized spacial score (nSPS) is 12.5. The van der Waals surface area contributed by atoms with E-state index in [9.17, 15) is 4.39 Å². The number of rotatable bonds is 7. The zero-order chi connectivity index (χ0) is 12.7. The molecule has 1 rings (SSSR count). The molecule has 3 heteroatoms. The number of benzene rings is 1. The van der Waals surface area contributed by atoms with Crippen LogP contribution >= 0.6 is 0 Å². The fraction of sp³-hybridized carbons (Fsp3) is 0.571. The van der Waals surface area contributed by atoms with Crippen LogP contribution in [0.3, 0.4) is 0 Å². The van der Waals surface area contributed by atoms with Crippen LogP contribution in [0.15, 0.2) is 18.2 Å². The van der Waals surface area contributed by atoms with Crippen molar-refractivity contribution in [2.24, 2.45) is 0 Å². The molecule has 1 aromatic carbocycles. The number of halogens is 1. The maximum atomic E-state index is 13.2. The molecule has 0 amide bonds. The zero-order valence-corrected chi connectivity index (χ0v) is 10.9. The Balaban J connectivity index is 2.60. The smallest absolute Gasteiger partial charge is 0.123 e. The summed E-state index contributed by atoms with van der Waals surface area (Å²) in [5, 5.41) is 3.35. The number of hydrogen-bond acceptors (Lipinski definition) is 2. The molecule has 0 aliphatic carbocycles. The fourth-order valence-corrected chi connectivity index (χ4v) is 1.87. The molecule has 1 unspecified atom stereocenters. The monoisotopic (exact) mass is 239 g/mol. The molecule has 0 spiro atoms. The standard InChI is InChI=1S/C14H22FNO/c1-4-8-16-9-7-11(2)13-10-12(15)5-6-14(13)17-3/h5-6,10-11,16H,4,7-9H2,1-3H3. The van der Waals surface area contributed by atoms with Crippen molar-refractivity contribution in [1.29, 1.82) is 0 Å². The molecule has 0 bridgehead atoms. The van der Waals surface area contributed by atoms with Crippen molar-refractivity contribution in [2.75, 3.05) is 20.2 Å². The second kappa shape index (κ2) is 7.28. The Labute approximate surface area is 103 Å². The topological polar surface area (TPSA) is 21.3 Å². The highest BCUT2D eigenvalue weighted by molar-refractivity contribution is 5.36. The summed E-state index contributed by atoms with van der Waals surface area (Å²) in [4.78, 5) is 0. The molecule has 0 fully saturated rings. The third kappa shape index (κ3) is 4.35. The quantitative estimate of drug-likeness (QED) is 0.737. The molecule has 0 radical (unpaired) electrons. The van der Waals surface area contributed by atoms with Crippen molar-refractivity contribution in [3.63, 3.8) is 0 Å². The van der Waals surface area contributed by atoms with E-state index in [-0.39, 0.29) is 5.82 Å². The van der Waals surface area contributed by atoms with Crippen LogP contribution < -0.4 is 10.1 Å². The van der Waals surface area contributed by atoms with Crippen LogP contribution in [0, 0.1) is 5.82 Å². The summed E-state index contributed by atoms with van der Waals surface area (Å²) >= 11 is 0. The lowest BCUT2D eigenvalue weighted by Crippen LogP contribution is -2.17. The van der Waals surface area contributed by atoms with Crippen molar-refractivity contribution in [3.05, 3.63) is 29.6 Å². The van der Waals surface area contributed by atoms with Gasteiger partial charge in [-0.15, -0.1) is 0 Å². The average Bonchev–Trinajstić information content (AvgIpc) is 2.34. The van der Waals surface area contributed by atoms with Gasteiger partial charge in [0.2, 0.25) is 0 Å². The first-order valence-electron chi connectivity index (χ1n) is 6.23. The minimum Gasteiger partial charge on any atom is -0.496 e. The lowest BCUT2D eigenvalue weighted by Gasteiger charge is -2.16. The maximum Gasteiger partial charge on any atom is 0.123 e. The highest BCUT2D eigenvalue weighted by Crippen LogP contribution is 2.29. The molecule has 0 aromatic heterocycles. The molecule has 0 saturated heterocycles. The van der Waals surface area contributed by atoms with Gasteiger partial charge in [-0.05, 0) is 55.6 Å². The first-order valence-corrected chi connectivity index (χ1v) is 6.23. The third-order valence-corrected chi connectivity index (χ3v) is 2.90. The molecule has 1 aromatic rings. The van der Waals surface area contributed by atoms with Crippen molar-refractivity contribution in [1.82, 2.24) is 5.32 Å². The molecule has 17 heavy (non-hydrogen) atoms. The third-order valence-electron chi connectivity index (χ3n) is 2.90. The molecule has 0 heterocycles. The fourth-order valence-electron chi connectivity index (χ4n) is 1.87. The Morgan fingerprint density at radius 3 is 2.76 bits per heavy atom. The van der Waals surface area contributed by atoms with Crippen molar-refractivity contribution < 1.29 is 9.13 Å². The summed E-state index contributed by atoms with van der Waals surface area (Å²) in [5.74, 6) is 0.869. The summed E-state index contributed by atoms with van der Waals surface area (Å²) < 4.78 is 18.5. The van der Waals surface area contributed by atoms with Gasteiger partial charge >= 0.3 is 0 Å². The molecular weight excluding hydrogens is 217 g/mol. The number of nitrogens with one attached hydrogen (secondary N) is 1. The van der Waals surface area contributed by atoms with Gasteiger partial charge in [0.1, 0.15) is 11.6 Å². The first kappa shape index (κ1) is 14.0. The predicted octanol–water partition coefficient (Wildman–Crippen LogP) is 3.33. The number of hydrogen-bond donors (Lipinski definition) is 1. The Hall–Kier alpha value is -1.09. The van der Waals surface area contributed by atoms with E-state index >= 15 is 0 Å². The predicted molar refractivity (Wildman–Crippen MR) is 69.1 cm³/mol. The second-order valence-corrected chi connectivity index (χ2v) is 4.33. The van der Waals surface area contributed by atoms with E-state index in [1.165, 1.54) is 6.07 Å². The highest BCUT2D eigenvalue weighted by Gasteiger charge is 2.12. The highest BCUT2D eigenvalue weighted by atomic mass is 19.1. The summed E-state index contributed by atoms with van der Waals surface area (Å²) in [5.41, 5.74) is 0.950. The van der Waals surface area contributed by atoms with Gasteiger partial charge in [-0.2, -0.15) is 0 Å². The van der Waals surface area contributed by atoms with Gasteiger partial charge in [0.25, 0.3) is 0 Å². The van der Waals surface area contributed by atoms with Crippen LogP contribution in [-0.2, 0) is 0 Å². The van der Waals surface area contributed by atoms with Gasteiger partial charge in [-0.25, -0.2) is 4.39 Å². The van der Waals surface area contributed by atoms with Crippen molar-refractivity contribution in [2.45, 2.75) is 32.6 Å². The van der Waals surface area contributed by atoms with Crippen LogP contribution in [0.1, 0.15) is 38.2 Å². The van der Waals surface area contributed by atoms with E-state index < -0.39 is 0 Å². The molecule has 2 nitrogen and oxygen atoms in total. The van der Waals surface area contributed by atoms with Gasteiger partial charge < -0.3 is 10.1 Å². The van der Waals surface area contributed by atoms with E-state index in [1.807, 2.05) is 0 Å². The second-order valence-electron chi connectivity index (χ2n) is 4.33. The SMILES string of the molecule is CCCNCCC(C)c1cc(F)ccc1OC. The average molecular weight is 239 g/mol. The Kier molecular flexibility index (Phi) is 5.98. The van der Waals surface area contributed by atoms with E-state index in [1.54, 1.807) is 19.2 Å². The Morgan fingerprint density at radius 2 is 2.12 bits per heavy atom. The van der Waals surface area contributed by atoms with Crippen LogP contribution in [0.25, 0.3) is 0 Å². The summed E-state index contributed by atoms with van der Waals surface area (Å²) in [6.45, 7) is 6.23. The van der Waals surface area contributed by atoms with Crippen molar-refractivity contribution >= 4 is 0 Å². The lowest BCUT2D eigenvalue weighted by molar-refractivity contribution is 0.403. The zero-order valence-electron chi connectivity index (χ0n) is 10.9.